The van der Waals surface area contributed by atoms with Gasteiger partial charge in [0.2, 0.25) is 5.91 Å². The van der Waals surface area contributed by atoms with Crippen molar-refractivity contribution in [2.45, 2.75) is 13.0 Å². The predicted octanol–water partition coefficient (Wildman–Crippen LogP) is 0.211. The van der Waals surface area contributed by atoms with E-state index in [0.717, 1.165) is 9.75 Å². The van der Waals surface area contributed by atoms with Crippen molar-refractivity contribution >= 4 is 23.2 Å². The number of likely N-dealkylation sites (N-methyl/N-ethyl adjacent to an activating group) is 1. The van der Waals surface area contributed by atoms with Crippen LogP contribution in [0, 0.1) is 0 Å². The molecule has 0 bridgehead atoms. The number of thiophene rings is 1. The van der Waals surface area contributed by atoms with Gasteiger partial charge in [0.25, 0.3) is 0 Å². The molecule has 1 aromatic heterocycles. The van der Waals surface area contributed by atoms with Crippen molar-refractivity contribution in [3.63, 3.8) is 0 Å². The number of amides is 1. The molecule has 6 heteroatoms. The molecule has 16 heavy (non-hydrogen) atoms. The first-order chi connectivity index (χ1) is 7.61. The molecule has 1 amide bonds. The summed E-state index contributed by atoms with van der Waals surface area (Å²) in [6, 6.07) is 3.68. The molecule has 0 aliphatic carbocycles. The average Bonchev–Trinajstić information content (AvgIpc) is 2.64. The molecule has 0 unspecified atom stereocenters. The van der Waals surface area contributed by atoms with E-state index in [1.54, 1.807) is 13.1 Å². The second-order valence-corrected chi connectivity index (χ2v) is 4.47. The number of carbonyl (C=O) groups is 2. The first-order valence-corrected chi connectivity index (χ1v) is 5.64. The van der Waals surface area contributed by atoms with E-state index in [2.05, 4.69) is 10.6 Å². The maximum absolute atomic E-state index is 10.9. The second-order valence-electron chi connectivity index (χ2n) is 3.22. The Bertz CT molecular complexity index is 376. The quantitative estimate of drug-likeness (QED) is 0.666. The highest BCUT2D eigenvalue weighted by Crippen LogP contribution is 2.16. The Morgan fingerprint density at radius 2 is 2.06 bits per heavy atom. The summed E-state index contributed by atoms with van der Waals surface area (Å²) >= 11 is 1.45. The van der Waals surface area contributed by atoms with Crippen LogP contribution in [0.3, 0.4) is 0 Å². The summed E-state index contributed by atoms with van der Waals surface area (Å²) in [5.74, 6) is -0.894. The molecular weight excluding hydrogens is 228 g/mol. The lowest BCUT2D eigenvalue weighted by Crippen LogP contribution is -2.30. The number of aliphatic carboxylic acids is 1. The molecule has 1 heterocycles. The van der Waals surface area contributed by atoms with Gasteiger partial charge in [-0.3, -0.25) is 9.59 Å². The summed E-state index contributed by atoms with van der Waals surface area (Å²) < 4.78 is 0. The second kappa shape index (κ2) is 6.24. The van der Waals surface area contributed by atoms with Gasteiger partial charge in [0.15, 0.2) is 0 Å². The van der Waals surface area contributed by atoms with Crippen molar-refractivity contribution in [2.24, 2.45) is 0 Å². The summed E-state index contributed by atoms with van der Waals surface area (Å²) in [6.45, 7) is 0.848. The van der Waals surface area contributed by atoms with Crippen molar-refractivity contribution in [2.75, 3.05) is 13.6 Å². The van der Waals surface area contributed by atoms with E-state index < -0.39 is 5.97 Å². The van der Waals surface area contributed by atoms with Crippen LogP contribution in [0.25, 0.3) is 0 Å². The molecule has 0 aliphatic heterocycles. The van der Waals surface area contributed by atoms with Crippen molar-refractivity contribution in [1.29, 1.82) is 0 Å². The molecule has 5 nitrogen and oxygen atoms in total. The Kier molecular flexibility index (Phi) is 4.94. The average molecular weight is 242 g/mol. The SMILES string of the molecule is CNC(=O)CNCc1ccc(CC(=O)O)s1. The van der Waals surface area contributed by atoms with Crippen molar-refractivity contribution in [3.05, 3.63) is 21.9 Å². The van der Waals surface area contributed by atoms with Crippen molar-refractivity contribution < 1.29 is 14.7 Å². The fraction of sp³-hybridized carbons (Fsp3) is 0.400. The van der Waals surface area contributed by atoms with Gasteiger partial charge in [-0.2, -0.15) is 0 Å². The first-order valence-electron chi connectivity index (χ1n) is 4.82. The molecule has 0 aliphatic rings. The summed E-state index contributed by atoms with van der Waals surface area (Å²) in [6.07, 6.45) is 0.0557. The Labute approximate surface area is 97.5 Å². The molecule has 88 valence electrons. The molecule has 0 spiro atoms. The van der Waals surface area contributed by atoms with E-state index in [4.69, 9.17) is 5.11 Å². The van der Waals surface area contributed by atoms with Gasteiger partial charge in [0.05, 0.1) is 13.0 Å². The van der Waals surface area contributed by atoms with Crippen LogP contribution in [-0.4, -0.2) is 30.6 Å². The van der Waals surface area contributed by atoms with E-state index in [0.29, 0.717) is 6.54 Å². The first kappa shape index (κ1) is 12.7. The number of carbonyl (C=O) groups excluding carboxylic acids is 1. The highest BCUT2D eigenvalue weighted by Gasteiger charge is 2.04. The molecule has 3 N–H and O–H groups in total. The normalized spacial score (nSPS) is 10.1. The number of carboxylic acids is 1. The third-order valence-electron chi connectivity index (χ3n) is 1.91. The molecular formula is C10H14N2O3S. The van der Waals surface area contributed by atoms with E-state index >= 15 is 0 Å². The number of hydrogen-bond acceptors (Lipinski definition) is 4. The van der Waals surface area contributed by atoms with Crippen LogP contribution >= 0.6 is 11.3 Å². The van der Waals surface area contributed by atoms with Crippen LogP contribution in [0.1, 0.15) is 9.75 Å². The zero-order valence-electron chi connectivity index (χ0n) is 8.95. The Morgan fingerprint density at radius 1 is 1.38 bits per heavy atom. The smallest absolute Gasteiger partial charge is 0.308 e. The van der Waals surface area contributed by atoms with Crippen LogP contribution < -0.4 is 10.6 Å². The third-order valence-corrected chi connectivity index (χ3v) is 2.99. The topological polar surface area (TPSA) is 78.4 Å². The lowest BCUT2D eigenvalue weighted by atomic mass is 10.3. The summed E-state index contributed by atoms with van der Waals surface area (Å²) in [7, 11) is 1.58. The molecule has 0 atom stereocenters. The van der Waals surface area contributed by atoms with Gasteiger partial charge in [-0.05, 0) is 12.1 Å². The monoisotopic (exact) mass is 242 g/mol. The zero-order chi connectivity index (χ0) is 12.0. The summed E-state index contributed by atoms with van der Waals surface area (Å²) in [4.78, 5) is 23.2. The molecule has 1 aromatic rings. The van der Waals surface area contributed by atoms with Gasteiger partial charge >= 0.3 is 5.97 Å². The number of hydrogen-bond donors (Lipinski definition) is 3. The van der Waals surface area contributed by atoms with Gasteiger partial charge < -0.3 is 15.7 Å². The molecule has 0 radical (unpaired) electrons. The van der Waals surface area contributed by atoms with Gasteiger partial charge in [-0.15, -0.1) is 11.3 Å². The van der Waals surface area contributed by atoms with E-state index in [-0.39, 0.29) is 18.9 Å². The molecule has 0 saturated carbocycles. The third kappa shape index (κ3) is 4.41. The number of nitrogens with one attached hydrogen (secondary N) is 2. The highest BCUT2D eigenvalue weighted by atomic mass is 32.1. The van der Waals surface area contributed by atoms with Crippen LogP contribution in [0.2, 0.25) is 0 Å². The summed E-state index contributed by atoms with van der Waals surface area (Å²) in [5, 5.41) is 14.1. The van der Waals surface area contributed by atoms with E-state index in [1.165, 1.54) is 11.3 Å². The maximum atomic E-state index is 10.9. The fourth-order valence-corrected chi connectivity index (χ4v) is 2.13. The van der Waals surface area contributed by atoms with E-state index in [9.17, 15) is 9.59 Å². The minimum absolute atomic E-state index is 0.0557. The van der Waals surface area contributed by atoms with Crippen LogP contribution in [0.4, 0.5) is 0 Å². The zero-order valence-corrected chi connectivity index (χ0v) is 9.76. The lowest BCUT2D eigenvalue weighted by Gasteiger charge is -2.00. The van der Waals surface area contributed by atoms with E-state index in [1.807, 2.05) is 6.07 Å². The van der Waals surface area contributed by atoms with Gasteiger partial charge in [0, 0.05) is 23.3 Å². The highest BCUT2D eigenvalue weighted by molar-refractivity contribution is 7.12. The van der Waals surface area contributed by atoms with Crippen LogP contribution in [0.5, 0.6) is 0 Å². The Hall–Kier alpha value is -1.40. The maximum Gasteiger partial charge on any atom is 0.308 e. The molecule has 0 saturated heterocycles. The Balaban J connectivity index is 2.34. The minimum atomic E-state index is -0.827. The Morgan fingerprint density at radius 3 is 2.69 bits per heavy atom. The summed E-state index contributed by atoms with van der Waals surface area (Å²) in [5.41, 5.74) is 0. The number of carboxylic acid groups (broad SMARTS) is 1. The van der Waals surface area contributed by atoms with Gasteiger partial charge in [0.1, 0.15) is 0 Å². The van der Waals surface area contributed by atoms with Crippen molar-refractivity contribution in [1.82, 2.24) is 10.6 Å². The number of rotatable bonds is 6. The molecule has 0 fully saturated rings. The van der Waals surface area contributed by atoms with Crippen LogP contribution in [0.15, 0.2) is 12.1 Å². The fourth-order valence-electron chi connectivity index (χ4n) is 1.15. The molecule has 1 rings (SSSR count). The minimum Gasteiger partial charge on any atom is -0.481 e. The van der Waals surface area contributed by atoms with Crippen molar-refractivity contribution in [3.8, 4) is 0 Å². The lowest BCUT2D eigenvalue weighted by molar-refractivity contribution is -0.136. The predicted molar refractivity (Wildman–Crippen MR) is 61.4 cm³/mol. The van der Waals surface area contributed by atoms with Crippen LogP contribution in [-0.2, 0) is 22.6 Å². The van der Waals surface area contributed by atoms with Gasteiger partial charge in [-0.25, -0.2) is 0 Å². The van der Waals surface area contributed by atoms with Gasteiger partial charge in [-0.1, -0.05) is 0 Å². The largest absolute Gasteiger partial charge is 0.481 e. The standard InChI is InChI=1S/C10H14N2O3S/c1-11-9(13)6-12-5-8-3-2-7(16-8)4-10(14)15/h2-3,12H,4-6H2,1H3,(H,11,13)(H,14,15). The molecule has 0 aromatic carbocycles.